The van der Waals surface area contributed by atoms with Gasteiger partial charge >= 0.3 is 0 Å². The molecule has 0 bridgehead atoms. The fraction of sp³-hybridized carbons (Fsp3) is 0.900. The lowest BCUT2D eigenvalue weighted by atomic mass is 10.1. The molecule has 4 nitrogen and oxygen atoms in total. The first kappa shape index (κ1) is 23.6. The SMILES string of the molecule is CCOC(C)OCCCCCCCC/C=C/CC(OCC)OCC. The van der Waals surface area contributed by atoms with Crippen molar-refractivity contribution < 1.29 is 18.9 Å². The number of ether oxygens (including phenoxy) is 4. The molecule has 0 N–H and O–H groups in total. The first-order valence-electron chi connectivity index (χ1n) is 9.85. The van der Waals surface area contributed by atoms with Gasteiger partial charge in [0.1, 0.15) is 0 Å². The predicted molar refractivity (Wildman–Crippen MR) is 100 cm³/mol. The van der Waals surface area contributed by atoms with E-state index < -0.39 is 0 Å². The molecule has 0 aromatic heterocycles. The second-order valence-corrected chi connectivity index (χ2v) is 5.85. The molecule has 0 rings (SSSR count). The lowest BCUT2D eigenvalue weighted by Gasteiger charge is -2.14. The summed E-state index contributed by atoms with van der Waals surface area (Å²) in [6.45, 7) is 10.9. The zero-order valence-electron chi connectivity index (χ0n) is 16.4. The summed E-state index contributed by atoms with van der Waals surface area (Å²) in [7, 11) is 0. The summed E-state index contributed by atoms with van der Waals surface area (Å²) in [6.07, 6.45) is 13.9. The first-order valence-corrected chi connectivity index (χ1v) is 9.85. The van der Waals surface area contributed by atoms with Gasteiger partial charge in [0.05, 0.1) is 0 Å². The van der Waals surface area contributed by atoms with E-state index >= 15 is 0 Å². The molecule has 0 saturated heterocycles. The fourth-order valence-corrected chi connectivity index (χ4v) is 2.48. The maximum Gasteiger partial charge on any atom is 0.160 e. The van der Waals surface area contributed by atoms with Crippen molar-refractivity contribution in [1.82, 2.24) is 0 Å². The normalized spacial score (nSPS) is 13.2. The molecule has 144 valence electrons. The van der Waals surface area contributed by atoms with Gasteiger partial charge in [-0.1, -0.05) is 37.8 Å². The van der Waals surface area contributed by atoms with E-state index in [4.69, 9.17) is 18.9 Å². The van der Waals surface area contributed by atoms with Gasteiger partial charge in [0.2, 0.25) is 0 Å². The van der Waals surface area contributed by atoms with Crippen molar-refractivity contribution in [3.63, 3.8) is 0 Å². The molecular weight excluding hydrogens is 304 g/mol. The molecular formula is C20H40O4. The van der Waals surface area contributed by atoms with Crippen LogP contribution < -0.4 is 0 Å². The highest BCUT2D eigenvalue weighted by atomic mass is 16.7. The third-order valence-electron chi connectivity index (χ3n) is 3.72. The first-order chi connectivity index (χ1) is 11.7. The van der Waals surface area contributed by atoms with Gasteiger partial charge in [-0.2, -0.15) is 0 Å². The Hall–Kier alpha value is -0.420. The van der Waals surface area contributed by atoms with Gasteiger partial charge in [-0.25, -0.2) is 0 Å². The van der Waals surface area contributed by atoms with Crippen LogP contribution in [0.25, 0.3) is 0 Å². The van der Waals surface area contributed by atoms with Gasteiger partial charge in [0.25, 0.3) is 0 Å². The predicted octanol–water partition coefficient (Wildman–Crippen LogP) is 5.46. The lowest BCUT2D eigenvalue weighted by molar-refractivity contribution is -0.133. The van der Waals surface area contributed by atoms with E-state index in [-0.39, 0.29) is 12.6 Å². The third-order valence-corrected chi connectivity index (χ3v) is 3.72. The van der Waals surface area contributed by atoms with E-state index in [1.165, 1.54) is 32.1 Å². The topological polar surface area (TPSA) is 36.9 Å². The zero-order valence-corrected chi connectivity index (χ0v) is 16.4. The summed E-state index contributed by atoms with van der Waals surface area (Å²) in [5.41, 5.74) is 0. The molecule has 0 aromatic rings. The van der Waals surface area contributed by atoms with Crippen LogP contribution in [0.1, 0.15) is 79.1 Å². The Labute approximate surface area is 149 Å². The van der Waals surface area contributed by atoms with Crippen LogP contribution in [0, 0.1) is 0 Å². The molecule has 0 amide bonds. The summed E-state index contributed by atoms with van der Waals surface area (Å²) in [4.78, 5) is 0. The quantitative estimate of drug-likeness (QED) is 0.188. The van der Waals surface area contributed by atoms with E-state index in [2.05, 4.69) is 12.2 Å². The Morgan fingerprint density at radius 2 is 1.25 bits per heavy atom. The second-order valence-electron chi connectivity index (χ2n) is 5.85. The largest absolute Gasteiger partial charge is 0.353 e. The minimum atomic E-state index is -0.0797. The molecule has 0 spiro atoms. The van der Waals surface area contributed by atoms with Gasteiger partial charge in [0.15, 0.2) is 12.6 Å². The minimum absolute atomic E-state index is 0.0631. The second kappa shape index (κ2) is 18.9. The Balaban J connectivity index is 3.33. The summed E-state index contributed by atoms with van der Waals surface area (Å²) in [5.74, 6) is 0. The molecule has 0 aliphatic carbocycles. The van der Waals surface area contributed by atoms with Crippen LogP contribution in [0.3, 0.4) is 0 Å². The molecule has 0 aliphatic rings. The summed E-state index contributed by atoms with van der Waals surface area (Å²) < 4.78 is 21.9. The average molecular weight is 345 g/mol. The third kappa shape index (κ3) is 16.4. The van der Waals surface area contributed by atoms with Gasteiger partial charge in [-0.05, 0) is 47.0 Å². The smallest absolute Gasteiger partial charge is 0.160 e. The van der Waals surface area contributed by atoms with Crippen molar-refractivity contribution in [2.75, 3.05) is 26.4 Å². The fourth-order valence-electron chi connectivity index (χ4n) is 2.48. The van der Waals surface area contributed by atoms with Crippen molar-refractivity contribution >= 4 is 0 Å². The number of unbranched alkanes of at least 4 members (excludes halogenated alkanes) is 6. The summed E-state index contributed by atoms with van der Waals surface area (Å²) >= 11 is 0. The highest BCUT2D eigenvalue weighted by Crippen LogP contribution is 2.09. The van der Waals surface area contributed by atoms with E-state index in [9.17, 15) is 0 Å². The van der Waals surface area contributed by atoms with Crippen LogP contribution in [0.2, 0.25) is 0 Å². The Morgan fingerprint density at radius 1 is 0.667 bits per heavy atom. The number of allylic oxidation sites excluding steroid dienone is 1. The van der Waals surface area contributed by atoms with Crippen LogP contribution in [0.5, 0.6) is 0 Å². The maximum atomic E-state index is 5.56. The van der Waals surface area contributed by atoms with Crippen LogP contribution in [-0.2, 0) is 18.9 Å². The number of hydrogen-bond acceptors (Lipinski definition) is 4. The summed E-state index contributed by atoms with van der Waals surface area (Å²) in [5, 5.41) is 0. The van der Waals surface area contributed by atoms with Gasteiger partial charge in [0, 0.05) is 32.8 Å². The lowest BCUT2D eigenvalue weighted by Crippen LogP contribution is -2.16. The molecule has 0 aromatic carbocycles. The maximum absolute atomic E-state index is 5.56. The number of rotatable bonds is 18. The zero-order chi connectivity index (χ0) is 17.9. The van der Waals surface area contributed by atoms with Gasteiger partial charge < -0.3 is 18.9 Å². The van der Waals surface area contributed by atoms with Crippen molar-refractivity contribution in [3.8, 4) is 0 Å². The Bertz CT molecular complexity index is 262. The molecule has 0 aliphatic heterocycles. The molecule has 4 heteroatoms. The van der Waals surface area contributed by atoms with E-state index in [0.717, 1.165) is 25.9 Å². The van der Waals surface area contributed by atoms with E-state index in [1.54, 1.807) is 0 Å². The molecule has 1 unspecified atom stereocenters. The van der Waals surface area contributed by atoms with Crippen LogP contribution in [0.15, 0.2) is 12.2 Å². The van der Waals surface area contributed by atoms with Gasteiger partial charge in [-0.3, -0.25) is 0 Å². The van der Waals surface area contributed by atoms with Crippen molar-refractivity contribution in [2.45, 2.75) is 91.6 Å². The van der Waals surface area contributed by atoms with Crippen LogP contribution in [-0.4, -0.2) is 39.0 Å². The van der Waals surface area contributed by atoms with Gasteiger partial charge in [-0.15, -0.1) is 0 Å². The molecule has 24 heavy (non-hydrogen) atoms. The molecule has 0 fully saturated rings. The van der Waals surface area contributed by atoms with Crippen molar-refractivity contribution in [3.05, 3.63) is 12.2 Å². The molecule has 0 saturated carbocycles. The van der Waals surface area contributed by atoms with Crippen molar-refractivity contribution in [1.29, 1.82) is 0 Å². The average Bonchev–Trinajstić information content (AvgIpc) is 2.56. The van der Waals surface area contributed by atoms with Crippen molar-refractivity contribution in [2.24, 2.45) is 0 Å². The van der Waals surface area contributed by atoms with Crippen LogP contribution >= 0.6 is 0 Å². The van der Waals surface area contributed by atoms with Crippen LogP contribution in [0.4, 0.5) is 0 Å². The number of hydrogen-bond donors (Lipinski definition) is 0. The minimum Gasteiger partial charge on any atom is -0.353 e. The molecule has 0 heterocycles. The van der Waals surface area contributed by atoms with E-state index in [0.29, 0.717) is 19.8 Å². The Kier molecular flexibility index (Phi) is 18.6. The molecule has 1 atom stereocenters. The van der Waals surface area contributed by atoms with E-state index in [1.807, 2.05) is 27.7 Å². The highest BCUT2D eigenvalue weighted by Gasteiger charge is 2.04. The highest BCUT2D eigenvalue weighted by molar-refractivity contribution is 4.82. The monoisotopic (exact) mass is 344 g/mol. The Morgan fingerprint density at radius 3 is 1.88 bits per heavy atom. The molecule has 0 radical (unpaired) electrons. The summed E-state index contributed by atoms with van der Waals surface area (Å²) in [6, 6.07) is 0. The standard InChI is InChI=1S/C20H40O4/c1-5-21-19(4)24-18-16-14-12-10-8-9-11-13-15-17-20(22-6-2)23-7-3/h13,15,19-20H,5-12,14,16-18H2,1-4H3/b15-13+.